The molecule has 0 fully saturated rings. The number of hydrogen-bond donors (Lipinski definition) is 3. The first-order valence-corrected chi connectivity index (χ1v) is 19.1. The Kier molecular flexibility index (Phi) is 17.3. The minimum Gasteiger partial charge on any atom is -0.508 e. The zero-order valence-corrected chi connectivity index (χ0v) is 35.1. The van der Waals surface area contributed by atoms with E-state index in [1.165, 1.54) is 55.3 Å². The van der Waals surface area contributed by atoms with E-state index in [0.717, 1.165) is 5.56 Å². The second kappa shape index (κ2) is 21.6. The van der Waals surface area contributed by atoms with Gasteiger partial charge >= 0.3 is 11.9 Å². The summed E-state index contributed by atoms with van der Waals surface area (Å²) in [7, 11) is 9.14. The molecule has 0 aromatic heterocycles. The van der Waals surface area contributed by atoms with Crippen LogP contribution in [0.25, 0.3) is 0 Å². The van der Waals surface area contributed by atoms with Gasteiger partial charge in [0.05, 0.1) is 14.2 Å². The fourth-order valence-corrected chi connectivity index (χ4v) is 6.22. The Morgan fingerprint density at radius 2 is 1.14 bits per heavy atom. The maximum absolute atomic E-state index is 14.5. The lowest BCUT2D eigenvalue weighted by Gasteiger charge is -2.35. The molecule has 14 heteroatoms. The van der Waals surface area contributed by atoms with Crippen LogP contribution in [0, 0.1) is 5.92 Å². The number of amides is 3. The summed E-state index contributed by atoms with van der Waals surface area (Å²) in [5, 5.41) is 22.4. The molecule has 3 aromatic rings. The molecule has 3 N–H and O–H groups in total. The highest BCUT2D eigenvalue weighted by Gasteiger charge is 2.38. The fourth-order valence-electron chi connectivity index (χ4n) is 6.22. The lowest BCUT2D eigenvalue weighted by molar-refractivity contribution is -0.163. The summed E-state index contributed by atoms with van der Waals surface area (Å²) in [6, 6.07) is 16.6. The number of allylic oxidation sites excluding steroid dienone is 1. The second-order valence-electron chi connectivity index (χ2n) is 14.8. The number of rotatable bonds is 19. The van der Waals surface area contributed by atoms with E-state index in [1.807, 2.05) is 19.1 Å². The number of phenols is 2. The van der Waals surface area contributed by atoms with Crippen molar-refractivity contribution in [3.05, 3.63) is 101 Å². The number of carbonyl (C=O) groups is 5. The molecule has 3 amide bonds. The smallest absolute Gasteiger partial charge is 0.328 e. The summed E-state index contributed by atoms with van der Waals surface area (Å²) in [6.45, 7) is 6.91. The highest BCUT2D eigenvalue weighted by Crippen LogP contribution is 2.22. The number of aromatic hydroxyl groups is 2. The third-order valence-corrected chi connectivity index (χ3v) is 10.2. The van der Waals surface area contributed by atoms with E-state index < -0.39 is 59.8 Å². The van der Waals surface area contributed by atoms with Crippen molar-refractivity contribution in [1.29, 1.82) is 0 Å². The molecule has 0 aliphatic heterocycles. The lowest BCUT2D eigenvalue weighted by atomic mass is 9.99. The van der Waals surface area contributed by atoms with Gasteiger partial charge < -0.3 is 39.5 Å². The highest BCUT2D eigenvalue weighted by molar-refractivity contribution is 6.01. The zero-order chi connectivity index (χ0) is 43.3. The largest absolute Gasteiger partial charge is 0.508 e. The van der Waals surface area contributed by atoms with Gasteiger partial charge in [-0.3, -0.25) is 24.1 Å². The predicted octanol–water partition coefficient (Wildman–Crippen LogP) is 4.26. The van der Waals surface area contributed by atoms with Crippen LogP contribution in [0.15, 0.2) is 84.1 Å². The quantitative estimate of drug-likeness (QED) is 0.117. The maximum atomic E-state index is 14.5. The number of esters is 2. The number of benzene rings is 3. The van der Waals surface area contributed by atoms with Gasteiger partial charge in [-0.2, -0.15) is 0 Å². The number of hydrogen-bond acceptors (Lipinski definition) is 11. The molecule has 0 unspecified atom stereocenters. The van der Waals surface area contributed by atoms with Crippen molar-refractivity contribution in [2.45, 2.75) is 77.6 Å². The first-order valence-electron chi connectivity index (χ1n) is 19.1. The average Bonchev–Trinajstić information content (AvgIpc) is 3.21. The van der Waals surface area contributed by atoms with Gasteiger partial charge in [0.15, 0.2) is 6.10 Å². The van der Waals surface area contributed by atoms with E-state index >= 15 is 0 Å². The van der Waals surface area contributed by atoms with Gasteiger partial charge in [0.2, 0.25) is 5.91 Å². The Bertz CT molecular complexity index is 1890. The predicted molar refractivity (Wildman–Crippen MR) is 219 cm³/mol. The van der Waals surface area contributed by atoms with E-state index in [2.05, 4.69) is 5.32 Å². The molecule has 3 rings (SSSR count). The van der Waals surface area contributed by atoms with Crippen LogP contribution in [-0.4, -0.2) is 121 Å². The zero-order valence-electron chi connectivity index (χ0n) is 35.1. The van der Waals surface area contributed by atoms with Crippen LogP contribution in [0.4, 0.5) is 0 Å². The molecule has 314 valence electrons. The molecule has 0 spiro atoms. The monoisotopic (exact) mass is 802 g/mol. The van der Waals surface area contributed by atoms with E-state index in [9.17, 15) is 34.2 Å². The van der Waals surface area contributed by atoms with Crippen molar-refractivity contribution < 1.29 is 48.4 Å². The Balaban J connectivity index is 1.93. The molecule has 3 aromatic carbocycles. The molecule has 14 nitrogen and oxygen atoms in total. The van der Waals surface area contributed by atoms with Crippen molar-refractivity contribution in [3.8, 4) is 17.2 Å². The maximum Gasteiger partial charge on any atom is 0.328 e. The lowest BCUT2D eigenvalue weighted by Crippen LogP contribution is -2.55. The van der Waals surface area contributed by atoms with E-state index in [-0.39, 0.29) is 30.0 Å². The minimum absolute atomic E-state index is 0.0107. The third kappa shape index (κ3) is 12.6. The fraction of sp³-hybridized carbons (Fsp3) is 0.432. The van der Waals surface area contributed by atoms with Crippen LogP contribution in [0.3, 0.4) is 0 Å². The highest BCUT2D eigenvalue weighted by atomic mass is 16.6. The standard InChI is InChI=1S/C44H58N4O10/c1-11-28(4)39(58-44(55)36(46(5)6)25-31-16-22-34(56-9)23-17-31)40(51)45-38(27(2)3)42(53)47(7)35(24-29-12-18-32(49)19-13-29)41(52)48(8)37(43(54)57-10)26-30-14-20-33(50)21-15-30/h12-23,28,35-37,39,49-50H,11,24-26H2,1-10H3,(H,45,51)/t28-,35+,36-,37+,39-/m0/s1. The Labute approximate surface area is 341 Å². The molecule has 0 aliphatic carbocycles. The molecular formula is C44H58N4O10. The SMILES string of the molecule is CC[C@H](C)[C@H](OC(=O)[C@H](Cc1ccc(OC)cc1)N(C)C)C(=O)NC(C(=O)N(C)[C@H](Cc1ccc(O)cc1)C(=O)N(C)[C@H](Cc1ccc(O)cc1)C(=O)OC)=C(C)C. The molecule has 0 saturated carbocycles. The van der Waals surface area contributed by atoms with Crippen molar-refractivity contribution in [2.24, 2.45) is 5.92 Å². The second-order valence-corrected chi connectivity index (χ2v) is 14.8. The Morgan fingerprint density at radius 3 is 1.57 bits per heavy atom. The van der Waals surface area contributed by atoms with Gasteiger partial charge in [0, 0.05) is 32.9 Å². The van der Waals surface area contributed by atoms with Crippen LogP contribution in [0.5, 0.6) is 17.2 Å². The number of methoxy groups -OCH3 is 2. The number of nitrogens with zero attached hydrogens (tertiary/aromatic N) is 3. The number of ether oxygens (including phenoxy) is 3. The topological polar surface area (TPSA) is 175 Å². The van der Waals surface area contributed by atoms with Gasteiger partial charge in [-0.1, -0.05) is 50.2 Å². The molecule has 0 heterocycles. The van der Waals surface area contributed by atoms with Crippen LogP contribution in [-0.2, 0) is 52.7 Å². The van der Waals surface area contributed by atoms with Crippen LogP contribution >= 0.6 is 0 Å². The molecule has 58 heavy (non-hydrogen) atoms. The van der Waals surface area contributed by atoms with Gasteiger partial charge in [-0.15, -0.1) is 0 Å². The van der Waals surface area contributed by atoms with E-state index in [1.54, 1.807) is 83.3 Å². The Morgan fingerprint density at radius 1 is 0.672 bits per heavy atom. The molecular weight excluding hydrogens is 745 g/mol. The summed E-state index contributed by atoms with van der Waals surface area (Å²) >= 11 is 0. The van der Waals surface area contributed by atoms with Gasteiger partial charge in [-0.25, -0.2) is 4.79 Å². The average molecular weight is 803 g/mol. The third-order valence-electron chi connectivity index (χ3n) is 10.2. The summed E-state index contributed by atoms with van der Waals surface area (Å²) in [5.74, 6) is -3.02. The molecule has 0 radical (unpaired) electrons. The van der Waals surface area contributed by atoms with Crippen molar-refractivity contribution in [2.75, 3.05) is 42.4 Å². The number of carbonyl (C=O) groups excluding carboxylic acids is 5. The Hall–Kier alpha value is -5.89. The van der Waals surface area contributed by atoms with Crippen molar-refractivity contribution in [3.63, 3.8) is 0 Å². The molecule has 5 atom stereocenters. The minimum atomic E-state index is -1.26. The first kappa shape index (κ1) is 46.5. The summed E-state index contributed by atoms with van der Waals surface area (Å²) < 4.78 is 16.3. The normalized spacial score (nSPS) is 13.6. The summed E-state index contributed by atoms with van der Waals surface area (Å²) in [4.78, 5) is 74.0. The van der Waals surface area contributed by atoms with Gasteiger partial charge in [-0.05, 0) is 99.4 Å². The molecule has 0 saturated heterocycles. The van der Waals surface area contributed by atoms with Crippen LogP contribution in [0.2, 0.25) is 0 Å². The summed E-state index contributed by atoms with van der Waals surface area (Å²) in [6.07, 6.45) is -0.432. The number of nitrogens with one attached hydrogen (secondary N) is 1. The summed E-state index contributed by atoms with van der Waals surface area (Å²) in [5.41, 5.74) is 2.43. The van der Waals surface area contributed by atoms with E-state index in [0.29, 0.717) is 35.3 Å². The number of phenolic OH excluding ortho intramolecular Hbond substituents is 2. The van der Waals surface area contributed by atoms with Gasteiger partial charge in [0.25, 0.3) is 11.8 Å². The van der Waals surface area contributed by atoms with Gasteiger partial charge in [0.1, 0.15) is 41.1 Å². The van der Waals surface area contributed by atoms with Crippen molar-refractivity contribution in [1.82, 2.24) is 20.0 Å². The van der Waals surface area contributed by atoms with Crippen molar-refractivity contribution >= 4 is 29.7 Å². The van der Waals surface area contributed by atoms with E-state index in [4.69, 9.17) is 14.2 Å². The van der Waals surface area contributed by atoms with Crippen LogP contribution in [0.1, 0.15) is 50.8 Å². The van der Waals surface area contributed by atoms with Crippen LogP contribution < -0.4 is 10.1 Å². The number of likely N-dealkylation sites (N-methyl/N-ethyl adjacent to an activating group) is 3. The molecule has 0 bridgehead atoms. The first-order chi connectivity index (χ1) is 27.4. The molecule has 0 aliphatic rings.